The van der Waals surface area contributed by atoms with Crippen molar-refractivity contribution < 1.29 is 23.5 Å². The van der Waals surface area contributed by atoms with Gasteiger partial charge >= 0.3 is 0 Å². The summed E-state index contributed by atoms with van der Waals surface area (Å²) in [6.07, 6.45) is 1.85. The van der Waals surface area contributed by atoms with Crippen LogP contribution in [0, 0.1) is 5.82 Å². The fourth-order valence-electron chi connectivity index (χ4n) is 4.81. The molecule has 2 fully saturated rings. The molecule has 2 amide bonds. The lowest BCUT2D eigenvalue weighted by atomic mass is 10.0. The Bertz CT molecular complexity index is 1020. The van der Waals surface area contributed by atoms with Crippen molar-refractivity contribution in [2.45, 2.75) is 18.9 Å². The Balaban J connectivity index is 1.28. The Morgan fingerprint density at radius 1 is 0.943 bits per heavy atom. The van der Waals surface area contributed by atoms with Crippen LogP contribution in [0.1, 0.15) is 24.4 Å². The van der Waals surface area contributed by atoms with Crippen LogP contribution in [0.25, 0.3) is 0 Å². The first-order chi connectivity index (χ1) is 17.0. The molecule has 2 aliphatic rings. The zero-order chi connectivity index (χ0) is 24.8. The van der Waals surface area contributed by atoms with Gasteiger partial charge in [0.1, 0.15) is 17.3 Å². The quantitative estimate of drug-likeness (QED) is 0.621. The Morgan fingerprint density at radius 3 is 2.29 bits per heavy atom. The zero-order valence-corrected chi connectivity index (χ0v) is 20.3. The summed E-state index contributed by atoms with van der Waals surface area (Å²) in [5.41, 5.74) is 1.56. The number of hydrogen-bond acceptors (Lipinski definition) is 6. The molecule has 1 unspecified atom stereocenters. The highest BCUT2D eigenvalue weighted by atomic mass is 19.1. The number of anilines is 1. The minimum atomic E-state index is -0.337. The first-order valence-electron chi connectivity index (χ1n) is 12.0. The van der Waals surface area contributed by atoms with E-state index in [4.69, 9.17) is 9.47 Å². The molecule has 2 saturated heterocycles. The number of carbonyl (C=O) groups excluding carboxylic acids is 2. The Morgan fingerprint density at radius 2 is 1.63 bits per heavy atom. The zero-order valence-electron chi connectivity index (χ0n) is 20.3. The second-order valence-corrected chi connectivity index (χ2v) is 8.96. The number of methoxy groups -OCH3 is 2. The Kier molecular flexibility index (Phi) is 8.20. The number of piperazine rings is 1. The lowest BCUT2D eigenvalue weighted by Crippen LogP contribution is -2.51. The predicted octanol–water partition coefficient (Wildman–Crippen LogP) is 2.76. The molecule has 0 saturated carbocycles. The van der Waals surface area contributed by atoms with Gasteiger partial charge in [0.25, 0.3) is 0 Å². The molecule has 0 bridgehead atoms. The molecule has 0 radical (unpaired) electrons. The second-order valence-electron chi connectivity index (χ2n) is 8.96. The topological polar surface area (TPSA) is 74.4 Å². The SMILES string of the molecule is COc1ccc(OC)c(C2CCCN2C(=O)CN2CCN(CC(=O)Nc3ccc(F)cc3)CC2)c1. The van der Waals surface area contributed by atoms with E-state index in [2.05, 4.69) is 15.1 Å². The number of halogens is 1. The normalized spacial score (nSPS) is 18.9. The highest BCUT2D eigenvalue weighted by Gasteiger charge is 2.33. The van der Waals surface area contributed by atoms with Crippen LogP contribution in [0.4, 0.5) is 10.1 Å². The molecule has 4 rings (SSSR count). The second kappa shape index (κ2) is 11.5. The van der Waals surface area contributed by atoms with E-state index in [9.17, 15) is 14.0 Å². The van der Waals surface area contributed by atoms with Crippen molar-refractivity contribution in [1.29, 1.82) is 0 Å². The Labute approximate surface area is 205 Å². The van der Waals surface area contributed by atoms with Gasteiger partial charge in [-0.1, -0.05) is 0 Å². The molecule has 35 heavy (non-hydrogen) atoms. The number of ether oxygens (including phenoxy) is 2. The standard InChI is InChI=1S/C26H33FN4O4/c1-34-21-9-10-24(35-2)22(16-21)23-4-3-11-31(23)26(33)18-30-14-12-29(13-15-30)17-25(32)28-20-7-5-19(27)6-8-20/h5-10,16,23H,3-4,11-15,17-18H2,1-2H3,(H,28,32). The van der Waals surface area contributed by atoms with Crippen molar-refractivity contribution in [3.63, 3.8) is 0 Å². The number of likely N-dealkylation sites (tertiary alicyclic amines) is 1. The van der Waals surface area contributed by atoms with Crippen LogP contribution >= 0.6 is 0 Å². The minimum absolute atomic E-state index is 0.0241. The summed E-state index contributed by atoms with van der Waals surface area (Å²) >= 11 is 0. The van der Waals surface area contributed by atoms with Crippen LogP contribution in [-0.2, 0) is 9.59 Å². The minimum Gasteiger partial charge on any atom is -0.497 e. The van der Waals surface area contributed by atoms with Crippen molar-refractivity contribution in [3.8, 4) is 11.5 Å². The van der Waals surface area contributed by atoms with Gasteiger partial charge in [0.05, 0.1) is 33.4 Å². The molecule has 0 spiro atoms. The fraction of sp³-hybridized carbons (Fsp3) is 0.462. The lowest BCUT2D eigenvalue weighted by molar-refractivity contribution is -0.134. The van der Waals surface area contributed by atoms with E-state index >= 15 is 0 Å². The lowest BCUT2D eigenvalue weighted by Gasteiger charge is -2.35. The van der Waals surface area contributed by atoms with Gasteiger partial charge in [-0.2, -0.15) is 0 Å². The number of rotatable bonds is 8. The number of nitrogens with zero attached hydrogens (tertiary/aromatic N) is 3. The highest BCUT2D eigenvalue weighted by Crippen LogP contribution is 2.39. The van der Waals surface area contributed by atoms with Crippen LogP contribution in [0.15, 0.2) is 42.5 Å². The van der Waals surface area contributed by atoms with Gasteiger partial charge in [0.15, 0.2) is 0 Å². The number of benzene rings is 2. The van der Waals surface area contributed by atoms with Gasteiger partial charge in [-0.25, -0.2) is 4.39 Å². The van der Waals surface area contributed by atoms with Crippen LogP contribution < -0.4 is 14.8 Å². The fourth-order valence-corrected chi connectivity index (χ4v) is 4.81. The van der Waals surface area contributed by atoms with Gasteiger partial charge in [0, 0.05) is 44.0 Å². The molecule has 0 aromatic heterocycles. The summed E-state index contributed by atoms with van der Waals surface area (Å²) in [4.78, 5) is 31.7. The third-order valence-corrected chi connectivity index (χ3v) is 6.69. The van der Waals surface area contributed by atoms with E-state index in [0.29, 0.717) is 25.3 Å². The van der Waals surface area contributed by atoms with Gasteiger partial charge in [0.2, 0.25) is 11.8 Å². The first-order valence-corrected chi connectivity index (χ1v) is 12.0. The van der Waals surface area contributed by atoms with E-state index in [1.165, 1.54) is 12.1 Å². The van der Waals surface area contributed by atoms with Gasteiger partial charge in [-0.15, -0.1) is 0 Å². The molecule has 188 valence electrons. The summed E-state index contributed by atoms with van der Waals surface area (Å²) in [6.45, 7) is 4.20. The average Bonchev–Trinajstić information content (AvgIpc) is 3.36. The van der Waals surface area contributed by atoms with Gasteiger partial charge in [-0.05, 0) is 55.3 Å². The van der Waals surface area contributed by atoms with Crippen molar-refractivity contribution in [1.82, 2.24) is 14.7 Å². The molecule has 2 aliphatic heterocycles. The van der Waals surface area contributed by atoms with Gasteiger partial charge in [-0.3, -0.25) is 19.4 Å². The maximum Gasteiger partial charge on any atom is 0.238 e. The van der Waals surface area contributed by atoms with Crippen LogP contribution in [0.3, 0.4) is 0 Å². The third kappa shape index (κ3) is 6.29. The highest BCUT2D eigenvalue weighted by molar-refractivity contribution is 5.92. The molecular weight excluding hydrogens is 451 g/mol. The monoisotopic (exact) mass is 484 g/mol. The van der Waals surface area contributed by atoms with Gasteiger partial charge < -0.3 is 19.7 Å². The molecule has 2 heterocycles. The third-order valence-electron chi connectivity index (χ3n) is 6.69. The molecule has 2 aromatic carbocycles. The summed E-state index contributed by atoms with van der Waals surface area (Å²) in [6, 6.07) is 11.4. The summed E-state index contributed by atoms with van der Waals surface area (Å²) in [5.74, 6) is 1.16. The number of nitrogens with one attached hydrogen (secondary N) is 1. The van der Waals surface area contributed by atoms with Crippen molar-refractivity contribution in [2.24, 2.45) is 0 Å². The maximum absolute atomic E-state index is 13.2. The molecule has 8 nitrogen and oxygen atoms in total. The summed E-state index contributed by atoms with van der Waals surface area (Å²) in [5, 5.41) is 2.79. The molecular formula is C26H33FN4O4. The summed E-state index contributed by atoms with van der Waals surface area (Å²) < 4.78 is 24.0. The average molecular weight is 485 g/mol. The van der Waals surface area contributed by atoms with Crippen LogP contribution in [-0.4, -0.2) is 86.5 Å². The molecule has 1 atom stereocenters. The molecule has 1 N–H and O–H groups in total. The van der Waals surface area contributed by atoms with Crippen LogP contribution in [0.2, 0.25) is 0 Å². The van der Waals surface area contributed by atoms with E-state index < -0.39 is 0 Å². The van der Waals surface area contributed by atoms with E-state index in [1.54, 1.807) is 26.4 Å². The largest absolute Gasteiger partial charge is 0.497 e. The summed E-state index contributed by atoms with van der Waals surface area (Å²) in [7, 11) is 3.28. The maximum atomic E-state index is 13.2. The van der Waals surface area contributed by atoms with E-state index in [0.717, 1.165) is 49.5 Å². The Hall–Kier alpha value is -3.17. The number of hydrogen-bond donors (Lipinski definition) is 1. The van der Waals surface area contributed by atoms with Crippen molar-refractivity contribution >= 4 is 17.5 Å². The number of amides is 2. The molecule has 2 aromatic rings. The molecule has 9 heteroatoms. The first kappa shape index (κ1) is 24.9. The van der Waals surface area contributed by atoms with Crippen molar-refractivity contribution in [3.05, 3.63) is 53.8 Å². The predicted molar refractivity (Wildman–Crippen MR) is 131 cm³/mol. The van der Waals surface area contributed by atoms with E-state index in [1.807, 2.05) is 23.1 Å². The van der Waals surface area contributed by atoms with Crippen LogP contribution in [0.5, 0.6) is 11.5 Å². The van der Waals surface area contributed by atoms with E-state index in [-0.39, 0.29) is 30.2 Å². The smallest absolute Gasteiger partial charge is 0.238 e. The molecule has 0 aliphatic carbocycles. The van der Waals surface area contributed by atoms with Crippen molar-refractivity contribution in [2.75, 3.05) is 65.3 Å². The number of carbonyl (C=O) groups is 2.